The molecule has 0 bridgehead atoms. The van der Waals surface area contributed by atoms with Crippen LogP contribution in [0.15, 0.2) is 18.5 Å². The van der Waals surface area contributed by atoms with Crippen LogP contribution in [0.1, 0.15) is 38.4 Å². The molecular weight excluding hydrogens is 148 g/mol. The van der Waals surface area contributed by atoms with Crippen molar-refractivity contribution in [2.45, 2.75) is 32.9 Å². The van der Waals surface area contributed by atoms with Crippen LogP contribution in [0, 0.1) is 0 Å². The predicted octanol–water partition coefficient (Wildman–Crippen LogP) is 2.35. The van der Waals surface area contributed by atoms with Crippen LogP contribution in [0.2, 0.25) is 0 Å². The molecule has 1 heterocycles. The van der Waals surface area contributed by atoms with Crippen LogP contribution < -0.4 is 5.32 Å². The van der Waals surface area contributed by atoms with Gasteiger partial charge in [0.15, 0.2) is 0 Å². The molecule has 1 rings (SSSR count). The van der Waals surface area contributed by atoms with Crippen LogP contribution in [0.3, 0.4) is 0 Å². The maximum atomic E-state index is 3.22. The Labute approximate surface area is 74.6 Å². The Morgan fingerprint density at radius 3 is 2.42 bits per heavy atom. The van der Waals surface area contributed by atoms with E-state index in [4.69, 9.17) is 0 Å². The fraction of sp³-hybridized carbons (Fsp3) is 0.600. The van der Waals surface area contributed by atoms with E-state index in [0.717, 1.165) is 0 Å². The van der Waals surface area contributed by atoms with Crippen molar-refractivity contribution in [3.8, 4) is 0 Å². The first kappa shape index (κ1) is 9.33. The minimum Gasteiger partial charge on any atom is -0.351 e. The molecule has 0 radical (unpaired) electrons. The van der Waals surface area contributed by atoms with Crippen LogP contribution in [0.25, 0.3) is 0 Å². The lowest BCUT2D eigenvalue weighted by Crippen LogP contribution is -2.11. The Morgan fingerprint density at radius 1 is 1.33 bits per heavy atom. The maximum Gasteiger partial charge on any atom is 0.0304 e. The Kier molecular flexibility index (Phi) is 2.93. The zero-order valence-corrected chi connectivity index (χ0v) is 8.33. The number of nitrogens with one attached hydrogen (secondary N) is 1. The van der Waals surface area contributed by atoms with Crippen molar-refractivity contribution in [3.05, 3.63) is 24.0 Å². The van der Waals surface area contributed by atoms with Crippen molar-refractivity contribution in [2.75, 3.05) is 7.05 Å². The quantitative estimate of drug-likeness (QED) is 0.729. The van der Waals surface area contributed by atoms with E-state index < -0.39 is 0 Å². The van der Waals surface area contributed by atoms with E-state index in [2.05, 4.69) is 49.1 Å². The summed E-state index contributed by atoms with van der Waals surface area (Å²) < 4.78 is 2.23. The normalized spacial score (nSPS) is 13.8. The highest BCUT2D eigenvalue weighted by Gasteiger charge is 2.04. The molecule has 12 heavy (non-hydrogen) atoms. The van der Waals surface area contributed by atoms with Gasteiger partial charge in [0, 0.05) is 24.5 Å². The lowest BCUT2D eigenvalue weighted by Gasteiger charge is -2.08. The van der Waals surface area contributed by atoms with Crippen molar-refractivity contribution in [1.29, 1.82) is 0 Å². The van der Waals surface area contributed by atoms with E-state index >= 15 is 0 Å². The second-order valence-electron chi connectivity index (χ2n) is 3.50. The van der Waals surface area contributed by atoms with Crippen LogP contribution in [0.5, 0.6) is 0 Å². The van der Waals surface area contributed by atoms with E-state index in [9.17, 15) is 0 Å². The van der Waals surface area contributed by atoms with Crippen molar-refractivity contribution in [3.63, 3.8) is 0 Å². The Morgan fingerprint density at radius 2 is 2.00 bits per heavy atom. The van der Waals surface area contributed by atoms with Gasteiger partial charge in [-0.05, 0) is 39.4 Å². The fourth-order valence-corrected chi connectivity index (χ4v) is 1.17. The Bertz CT molecular complexity index is 238. The first-order valence-electron chi connectivity index (χ1n) is 4.49. The van der Waals surface area contributed by atoms with Gasteiger partial charge >= 0.3 is 0 Å². The number of nitrogens with zero attached hydrogens (tertiary/aromatic N) is 1. The minimum absolute atomic E-state index is 0.449. The largest absolute Gasteiger partial charge is 0.351 e. The summed E-state index contributed by atoms with van der Waals surface area (Å²) in [4.78, 5) is 0. The molecule has 0 aliphatic rings. The van der Waals surface area contributed by atoms with E-state index in [-0.39, 0.29) is 0 Å². The third kappa shape index (κ3) is 1.89. The fourth-order valence-electron chi connectivity index (χ4n) is 1.17. The second kappa shape index (κ2) is 3.76. The van der Waals surface area contributed by atoms with Crippen molar-refractivity contribution in [2.24, 2.45) is 0 Å². The highest BCUT2D eigenvalue weighted by atomic mass is 15.0. The molecule has 1 N–H and O–H groups in total. The molecule has 0 saturated heterocycles. The van der Waals surface area contributed by atoms with Gasteiger partial charge in [0.25, 0.3) is 0 Å². The molecule has 0 unspecified atom stereocenters. The average Bonchev–Trinajstić information content (AvgIpc) is 2.51. The van der Waals surface area contributed by atoms with Crippen LogP contribution in [0.4, 0.5) is 0 Å². The van der Waals surface area contributed by atoms with Crippen molar-refractivity contribution < 1.29 is 0 Å². The molecule has 0 spiro atoms. The van der Waals surface area contributed by atoms with Gasteiger partial charge < -0.3 is 9.88 Å². The molecular formula is C10H18N2. The summed E-state index contributed by atoms with van der Waals surface area (Å²) >= 11 is 0. The summed E-state index contributed by atoms with van der Waals surface area (Å²) in [5.41, 5.74) is 1.35. The smallest absolute Gasteiger partial charge is 0.0304 e. The number of rotatable bonds is 3. The van der Waals surface area contributed by atoms with Gasteiger partial charge in [0.05, 0.1) is 0 Å². The zero-order chi connectivity index (χ0) is 9.14. The van der Waals surface area contributed by atoms with E-state index in [1.807, 2.05) is 7.05 Å². The summed E-state index contributed by atoms with van der Waals surface area (Å²) in [6, 6.07) is 3.18. The molecule has 0 aromatic carbocycles. The number of hydrogen-bond donors (Lipinski definition) is 1. The van der Waals surface area contributed by atoms with Gasteiger partial charge in [-0.25, -0.2) is 0 Å². The Hall–Kier alpha value is -0.760. The maximum absolute atomic E-state index is 3.22. The molecule has 1 aromatic rings. The van der Waals surface area contributed by atoms with Gasteiger partial charge in [-0.1, -0.05) is 0 Å². The molecule has 0 fully saturated rings. The van der Waals surface area contributed by atoms with E-state index in [1.165, 1.54) is 5.56 Å². The second-order valence-corrected chi connectivity index (χ2v) is 3.50. The van der Waals surface area contributed by atoms with Gasteiger partial charge in [-0.2, -0.15) is 0 Å². The SMILES string of the molecule is CN[C@@H](C)c1ccn(C(C)C)c1. The predicted molar refractivity (Wildman–Crippen MR) is 52.3 cm³/mol. The molecule has 2 nitrogen and oxygen atoms in total. The van der Waals surface area contributed by atoms with Crippen LogP contribution >= 0.6 is 0 Å². The van der Waals surface area contributed by atoms with Gasteiger partial charge in [0.1, 0.15) is 0 Å². The molecule has 1 atom stereocenters. The highest BCUT2D eigenvalue weighted by Crippen LogP contribution is 2.14. The first-order valence-corrected chi connectivity index (χ1v) is 4.49. The molecule has 0 amide bonds. The monoisotopic (exact) mass is 166 g/mol. The zero-order valence-electron chi connectivity index (χ0n) is 8.33. The minimum atomic E-state index is 0.449. The summed E-state index contributed by atoms with van der Waals surface area (Å²) in [5.74, 6) is 0. The highest BCUT2D eigenvalue weighted by molar-refractivity contribution is 5.14. The van der Waals surface area contributed by atoms with Gasteiger partial charge in [-0.15, -0.1) is 0 Å². The summed E-state index contributed by atoms with van der Waals surface area (Å²) in [6.07, 6.45) is 4.33. The van der Waals surface area contributed by atoms with Crippen LogP contribution in [-0.2, 0) is 0 Å². The third-order valence-electron chi connectivity index (χ3n) is 2.27. The molecule has 0 aliphatic carbocycles. The molecule has 0 saturated carbocycles. The molecule has 2 heteroatoms. The molecule has 1 aromatic heterocycles. The first-order chi connectivity index (χ1) is 5.65. The lowest BCUT2D eigenvalue weighted by atomic mass is 10.2. The van der Waals surface area contributed by atoms with E-state index in [1.54, 1.807) is 0 Å². The summed E-state index contributed by atoms with van der Waals surface area (Å²) in [6.45, 7) is 6.54. The number of hydrogen-bond acceptors (Lipinski definition) is 1. The van der Waals surface area contributed by atoms with Gasteiger partial charge in [0.2, 0.25) is 0 Å². The number of aromatic nitrogens is 1. The van der Waals surface area contributed by atoms with Crippen LogP contribution in [-0.4, -0.2) is 11.6 Å². The molecule has 0 aliphatic heterocycles. The lowest BCUT2D eigenvalue weighted by molar-refractivity contribution is 0.594. The van der Waals surface area contributed by atoms with Gasteiger partial charge in [-0.3, -0.25) is 0 Å². The van der Waals surface area contributed by atoms with Crippen molar-refractivity contribution >= 4 is 0 Å². The summed E-state index contributed by atoms with van der Waals surface area (Å²) in [5, 5.41) is 3.22. The standard InChI is InChI=1S/C10H18N2/c1-8(2)12-6-5-10(7-12)9(3)11-4/h5-9,11H,1-4H3/t9-/m0/s1. The molecule has 68 valence electrons. The third-order valence-corrected chi connectivity index (χ3v) is 2.27. The average molecular weight is 166 g/mol. The topological polar surface area (TPSA) is 17.0 Å². The Balaban J connectivity index is 2.77. The summed E-state index contributed by atoms with van der Waals surface area (Å²) in [7, 11) is 1.98. The van der Waals surface area contributed by atoms with Crippen molar-refractivity contribution in [1.82, 2.24) is 9.88 Å². The van der Waals surface area contributed by atoms with E-state index in [0.29, 0.717) is 12.1 Å².